The number of hydrogen-bond acceptors (Lipinski definition) is 2. The lowest BCUT2D eigenvalue weighted by molar-refractivity contribution is 0.354. The Labute approximate surface area is 103 Å². The third-order valence-corrected chi connectivity index (χ3v) is 4.66. The maximum absolute atomic E-state index is 3.73. The SMILES string of the molecule is CCCNC(c1ccc(C)s1)C(C)C1CC1. The lowest BCUT2D eigenvalue weighted by Crippen LogP contribution is -2.28. The van der Waals surface area contributed by atoms with Crippen molar-refractivity contribution < 1.29 is 0 Å². The van der Waals surface area contributed by atoms with E-state index in [0.717, 1.165) is 18.4 Å². The lowest BCUT2D eigenvalue weighted by Gasteiger charge is -2.24. The molecule has 0 spiro atoms. The molecule has 1 nitrogen and oxygen atoms in total. The van der Waals surface area contributed by atoms with Crippen LogP contribution in [0.4, 0.5) is 0 Å². The predicted molar refractivity (Wildman–Crippen MR) is 72.0 cm³/mol. The first-order valence-corrected chi connectivity index (χ1v) is 7.33. The number of rotatable bonds is 6. The van der Waals surface area contributed by atoms with Crippen LogP contribution in [0.5, 0.6) is 0 Å². The monoisotopic (exact) mass is 237 g/mol. The van der Waals surface area contributed by atoms with Crippen LogP contribution < -0.4 is 5.32 Å². The summed E-state index contributed by atoms with van der Waals surface area (Å²) >= 11 is 1.96. The highest BCUT2D eigenvalue weighted by Gasteiger charge is 2.34. The number of aryl methyl sites for hydroxylation is 1. The van der Waals surface area contributed by atoms with Crippen molar-refractivity contribution in [2.75, 3.05) is 6.54 Å². The van der Waals surface area contributed by atoms with Crippen molar-refractivity contribution in [1.82, 2.24) is 5.32 Å². The Morgan fingerprint density at radius 3 is 2.69 bits per heavy atom. The summed E-state index contributed by atoms with van der Waals surface area (Å²) in [5.74, 6) is 1.77. The number of hydrogen-bond donors (Lipinski definition) is 1. The van der Waals surface area contributed by atoms with Crippen LogP contribution in [0.3, 0.4) is 0 Å². The van der Waals surface area contributed by atoms with Crippen molar-refractivity contribution in [3.8, 4) is 0 Å². The fourth-order valence-electron chi connectivity index (χ4n) is 2.36. The smallest absolute Gasteiger partial charge is 0.0443 e. The molecule has 16 heavy (non-hydrogen) atoms. The van der Waals surface area contributed by atoms with E-state index < -0.39 is 0 Å². The Bertz CT molecular complexity index is 327. The topological polar surface area (TPSA) is 12.0 Å². The van der Waals surface area contributed by atoms with Crippen molar-refractivity contribution in [1.29, 1.82) is 0 Å². The van der Waals surface area contributed by atoms with Gasteiger partial charge in [-0.2, -0.15) is 0 Å². The van der Waals surface area contributed by atoms with Gasteiger partial charge in [0.15, 0.2) is 0 Å². The minimum absolute atomic E-state index is 0.589. The number of nitrogens with one attached hydrogen (secondary N) is 1. The molecule has 1 N–H and O–H groups in total. The van der Waals surface area contributed by atoms with Gasteiger partial charge in [-0.1, -0.05) is 13.8 Å². The molecule has 0 saturated heterocycles. The van der Waals surface area contributed by atoms with Crippen LogP contribution in [0, 0.1) is 18.8 Å². The summed E-state index contributed by atoms with van der Waals surface area (Å²) in [6, 6.07) is 5.15. The van der Waals surface area contributed by atoms with Crippen molar-refractivity contribution >= 4 is 11.3 Å². The molecule has 1 aliphatic rings. The first kappa shape index (κ1) is 12.1. The van der Waals surface area contributed by atoms with Crippen LogP contribution in [-0.4, -0.2) is 6.54 Å². The van der Waals surface area contributed by atoms with Gasteiger partial charge in [0.25, 0.3) is 0 Å². The lowest BCUT2D eigenvalue weighted by atomic mass is 9.95. The zero-order valence-corrected chi connectivity index (χ0v) is 11.4. The first-order valence-electron chi connectivity index (χ1n) is 6.52. The Morgan fingerprint density at radius 1 is 1.44 bits per heavy atom. The molecule has 1 aromatic rings. The molecule has 1 heterocycles. The standard InChI is InChI=1S/C14H23NS/c1-4-9-15-14(11(3)12-6-7-12)13-8-5-10(2)16-13/h5,8,11-12,14-15H,4,6-7,9H2,1-3H3. The van der Waals surface area contributed by atoms with E-state index in [9.17, 15) is 0 Å². The highest BCUT2D eigenvalue weighted by Crippen LogP contribution is 2.43. The molecule has 2 unspecified atom stereocenters. The second kappa shape index (κ2) is 5.33. The van der Waals surface area contributed by atoms with Gasteiger partial charge < -0.3 is 5.32 Å². The van der Waals surface area contributed by atoms with E-state index in [2.05, 4.69) is 38.2 Å². The molecular formula is C14H23NS. The Morgan fingerprint density at radius 2 is 2.19 bits per heavy atom. The Balaban J connectivity index is 2.06. The molecule has 2 heteroatoms. The zero-order valence-electron chi connectivity index (χ0n) is 10.6. The molecule has 0 aliphatic heterocycles. The maximum Gasteiger partial charge on any atom is 0.0443 e. The quantitative estimate of drug-likeness (QED) is 0.784. The van der Waals surface area contributed by atoms with Gasteiger partial charge in [-0.15, -0.1) is 11.3 Å². The molecule has 1 aromatic heterocycles. The molecule has 0 radical (unpaired) electrons. The summed E-state index contributed by atoms with van der Waals surface area (Å²) in [5, 5.41) is 3.73. The minimum atomic E-state index is 0.589. The third kappa shape index (κ3) is 2.86. The fourth-order valence-corrected chi connectivity index (χ4v) is 3.43. The average Bonchev–Trinajstić information content (AvgIpc) is 3.03. The second-order valence-electron chi connectivity index (χ2n) is 5.08. The molecule has 1 saturated carbocycles. The predicted octanol–water partition coefficient (Wildman–Crippen LogP) is 4.14. The van der Waals surface area contributed by atoms with Crippen molar-refractivity contribution in [2.24, 2.45) is 11.8 Å². The fraction of sp³-hybridized carbons (Fsp3) is 0.714. The van der Waals surface area contributed by atoms with Gasteiger partial charge in [0.1, 0.15) is 0 Å². The molecule has 0 bridgehead atoms. The van der Waals surface area contributed by atoms with E-state index in [-0.39, 0.29) is 0 Å². The Kier molecular flexibility index (Phi) is 4.04. The molecule has 2 rings (SSSR count). The van der Waals surface area contributed by atoms with Gasteiger partial charge in [-0.3, -0.25) is 0 Å². The normalized spacial score (nSPS) is 19.7. The van der Waals surface area contributed by atoms with Crippen LogP contribution in [0.1, 0.15) is 48.9 Å². The highest BCUT2D eigenvalue weighted by atomic mass is 32.1. The van der Waals surface area contributed by atoms with Crippen LogP contribution in [0.15, 0.2) is 12.1 Å². The number of thiophene rings is 1. The van der Waals surface area contributed by atoms with E-state index in [1.165, 1.54) is 29.0 Å². The first-order chi connectivity index (χ1) is 7.72. The summed E-state index contributed by atoms with van der Waals surface area (Å²) in [4.78, 5) is 2.96. The second-order valence-corrected chi connectivity index (χ2v) is 6.40. The van der Waals surface area contributed by atoms with Gasteiger partial charge in [-0.25, -0.2) is 0 Å². The molecule has 0 aromatic carbocycles. The van der Waals surface area contributed by atoms with Gasteiger partial charge in [-0.05, 0) is 56.7 Å². The summed E-state index contributed by atoms with van der Waals surface area (Å²) < 4.78 is 0. The van der Waals surface area contributed by atoms with Gasteiger partial charge >= 0.3 is 0 Å². The summed E-state index contributed by atoms with van der Waals surface area (Å²) in [7, 11) is 0. The van der Waals surface area contributed by atoms with E-state index in [1.54, 1.807) is 0 Å². The molecule has 2 atom stereocenters. The largest absolute Gasteiger partial charge is 0.309 e. The minimum Gasteiger partial charge on any atom is -0.309 e. The maximum atomic E-state index is 3.73. The van der Waals surface area contributed by atoms with E-state index >= 15 is 0 Å². The van der Waals surface area contributed by atoms with Gasteiger partial charge in [0.2, 0.25) is 0 Å². The van der Waals surface area contributed by atoms with Gasteiger partial charge in [0, 0.05) is 15.8 Å². The third-order valence-electron chi connectivity index (χ3n) is 3.57. The van der Waals surface area contributed by atoms with Gasteiger partial charge in [0.05, 0.1) is 0 Å². The highest BCUT2D eigenvalue weighted by molar-refractivity contribution is 7.12. The average molecular weight is 237 g/mol. The van der Waals surface area contributed by atoms with E-state index in [4.69, 9.17) is 0 Å². The summed E-state index contributed by atoms with van der Waals surface area (Å²) in [6.07, 6.45) is 4.10. The molecule has 1 fully saturated rings. The van der Waals surface area contributed by atoms with Crippen molar-refractivity contribution in [2.45, 2.75) is 46.1 Å². The molecular weight excluding hydrogens is 214 g/mol. The van der Waals surface area contributed by atoms with Crippen molar-refractivity contribution in [3.05, 3.63) is 21.9 Å². The Hall–Kier alpha value is -0.340. The summed E-state index contributed by atoms with van der Waals surface area (Å²) in [6.45, 7) is 8.00. The summed E-state index contributed by atoms with van der Waals surface area (Å²) in [5.41, 5.74) is 0. The van der Waals surface area contributed by atoms with E-state index in [1.807, 2.05) is 11.3 Å². The zero-order chi connectivity index (χ0) is 11.5. The van der Waals surface area contributed by atoms with E-state index in [0.29, 0.717) is 6.04 Å². The van der Waals surface area contributed by atoms with Crippen molar-refractivity contribution in [3.63, 3.8) is 0 Å². The molecule has 1 aliphatic carbocycles. The van der Waals surface area contributed by atoms with Crippen LogP contribution in [0.25, 0.3) is 0 Å². The molecule has 0 amide bonds. The molecule has 90 valence electrons. The van der Waals surface area contributed by atoms with Crippen LogP contribution in [-0.2, 0) is 0 Å². The van der Waals surface area contributed by atoms with Crippen LogP contribution in [0.2, 0.25) is 0 Å². The van der Waals surface area contributed by atoms with Crippen LogP contribution >= 0.6 is 11.3 Å².